The molecule has 0 spiro atoms. The van der Waals surface area contributed by atoms with Crippen LogP contribution in [0.5, 0.6) is 5.75 Å². The highest BCUT2D eigenvalue weighted by molar-refractivity contribution is 7.99. The predicted molar refractivity (Wildman–Crippen MR) is 103 cm³/mol. The summed E-state index contributed by atoms with van der Waals surface area (Å²) in [7, 11) is 1.84. The molecule has 1 amide bonds. The SMILES string of the molecule is CCCSc1nc(=O)c2c(n1C)NC(=O)C[C@@H]2c1cccc(OCC)c1. The molecule has 1 aromatic heterocycles. The first-order chi connectivity index (χ1) is 12.5. The molecule has 26 heavy (non-hydrogen) atoms. The zero-order valence-corrected chi connectivity index (χ0v) is 16.1. The second-order valence-electron chi connectivity index (χ2n) is 6.18. The van der Waals surface area contributed by atoms with Gasteiger partial charge >= 0.3 is 0 Å². The van der Waals surface area contributed by atoms with Gasteiger partial charge in [0.25, 0.3) is 5.56 Å². The van der Waals surface area contributed by atoms with Crippen molar-refractivity contribution in [3.05, 3.63) is 45.7 Å². The Morgan fingerprint density at radius 1 is 1.35 bits per heavy atom. The highest BCUT2D eigenvalue weighted by Crippen LogP contribution is 2.36. The van der Waals surface area contributed by atoms with Crippen LogP contribution < -0.4 is 15.6 Å². The first kappa shape index (κ1) is 18.5. The number of anilines is 1. The first-order valence-electron chi connectivity index (χ1n) is 8.81. The monoisotopic (exact) mass is 373 g/mol. The summed E-state index contributed by atoms with van der Waals surface area (Å²) >= 11 is 1.52. The summed E-state index contributed by atoms with van der Waals surface area (Å²) in [6.07, 6.45) is 1.21. The smallest absolute Gasteiger partial charge is 0.279 e. The fourth-order valence-electron chi connectivity index (χ4n) is 3.13. The molecule has 1 aromatic carbocycles. The lowest BCUT2D eigenvalue weighted by Crippen LogP contribution is -2.33. The van der Waals surface area contributed by atoms with Crippen LogP contribution in [0.4, 0.5) is 5.82 Å². The van der Waals surface area contributed by atoms with E-state index in [1.165, 1.54) is 11.8 Å². The maximum atomic E-state index is 12.8. The Balaban J connectivity index is 2.09. The van der Waals surface area contributed by atoms with Gasteiger partial charge in [-0.15, -0.1) is 0 Å². The zero-order valence-electron chi connectivity index (χ0n) is 15.2. The van der Waals surface area contributed by atoms with Crippen LogP contribution in [0.25, 0.3) is 0 Å². The van der Waals surface area contributed by atoms with Crippen LogP contribution in [0.1, 0.15) is 43.7 Å². The minimum absolute atomic E-state index is 0.100. The maximum Gasteiger partial charge on any atom is 0.279 e. The number of carbonyl (C=O) groups is 1. The first-order valence-corrected chi connectivity index (χ1v) is 9.80. The van der Waals surface area contributed by atoms with Gasteiger partial charge < -0.3 is 14.6 Å². The van der Waals surface area contributed by atoms with Crippen molar-refractivity contribution >= 4 is 23.5 Å². The highest BCUT2D eigenvalue weighted by atomic mass is 32.2. The lowest BCUT2D eigenvalue weighted by Gasteiger charge is -2.27. The Hall–Kier alpha value is -2.28. The van der Waals surface area contributed by atoms with Gasteiger partial charge in [-0.3, -0.25) is 9.59 Å². The van der Waals surface area contributed by atoms with E-state index in [2.05, 4.69) is 17.2 Å². The number of nitrogens with zero attached hydrogens (tertiary/aromatic N) is 2. The van der Waals surface area contributed by atoms with Crippen LogP contribution in [0.2, 0.25) is 0 Å². The summed E-state index contributed by atoms with van der Waals surface area (Å²) in [5.74, 6) is 1.73. The summed E-state index contributed by atoms with van der Waals surface area (Å²) in [6, 6.07) is 7.58. The van der Waals surface area contributed by atoms with Crippen molar-refractivity contribution in [3.63, 3.8) is 0 Å². The Morgan fingerprint density at radius 2 is 2.15 bits per heavy atom. The van der Waals surface area contributed by atoms with Crippen LogP contribution in [0, 0.1) is 0 Å². The summed E-state index contributed by atoms with van der Waals surface area (Å²) in [6.45, 7) is 4.56. The van der Waals surface area contributed by atoms with Crippen LogP contribution >= 0.6 is 11.8 Å². The molecule has 0 fully saturated rings. The van der Waals surface area contributed by atoms with E-state index in [-0.39, 0.29) is 23.8 Å². The molecule has 1 aliphatic rings. The highest BCUT2D eigenvalue weighted by Gasteiger charge is 2.32. The minimum Gasteiger partial charge on any atom is -0.494 e. The molecule has 1 aliphatic heterocycles. The molecule has 2 aromatic rings. The van der Waals surface area contributed by atoms with Crippen LogP contribution in [0.15, 0.2) is 34.2 Å². The molecule has 1 atom stereocenters. The molecular weight excluding hydrogens is 350 g/mol. The van der Waals surface area contributed by atoms with Gasteiger partial charge in [-0.05, 0) is 31.0 Å². The number of aromatic nitrogens is 2. The van der Waals surface area contributed by atoms with Crippen molar-refractivity contribution in [2.45, 2.75) is 37.8 Å². The van der Waals surface area contributed by atoms with Crippen molar-refractivity contribution < 1.29 is 9.53 Å². The number of hydrogen-bond donors (Lipinski definition) is 1. The number of benzene rings is 1. The molecule has 2 heterocycles. The fraction of sp³-hybridized carbons (Fsp3) is 0.421. The largest absolute Gasteiger partial charge is 0.494 e. The molecule has 0 saturated heterocycles. The molecule has 0 unspecified atom stereocenters. The van der Waals surface area contributed by atoms with Crippen molar-refractivity contribution in [3.8, 4) is 5.75 Å². The molecule has 138 valence electrons. The normalized spacial score (nSPS) is 16.1. The topological polar surface area (TPSA) is 73.2 Å². The molecule has 0 bridgehead atoms. The van der Waals surface area contributed by atoms with E-state index in [0.717, 1.165) is 23.5 Å². The number of thioether (sulfide) groups is 1. The lowest BCUT2D eigenvalue weighted by atomic mass is 9.86. The van der Waals surface area contributed by atoms with E-state index in [9.17, 15) is 9.59 Å². The third-order valence-corrected chi connectivity index (χ3v) is 5.54. The van der Waals surface area contributed by atoms with E-state index in [1.54, 1.807) is 0 Å². The molecule has 0 radical (unpaired) electrons. The number of ether oxygens (including phenoxy) is 1. The Labute approximate surface area is 157 Å². The van der Waals surface area contributed by atoms with Gasteiger partial charge in [0.1, 0.15) is 11.6 Å². The van der Waals surface area contributed by atoms with Gasteiger partial charge in [0.15, 0.2) is 5.16 Å². The molecular formula is C19H23N3O3S. The number of amides is 1. The lowest BCUT2D eigenvalue weighted by molar-refractivity contribution is -0.116. The molecule has 7 heteroatoms. The van der Waals surface area contributed by atoms with Crippen LogP contribution in [-0.4, -0.2) is 27.8 Å². The predicted octanol–water partition coefficient (Wildman–Crippen LogP) is 3.16. The molecule has 1 N–H and O–H groups in total. The number of fused-ring (bicyclic) bond motifs is 1. The van der Waals surface area contributed by atoms with E-state index < -0.39 is 0 Å². The third-order valence-electron chi connectivity index (χ3n) is 4.31. The van der Waals surface area contributed by atoms with Crippen LogP contribution in [0.3, 0.4) is 0 Å². The Bertz CT molecular complexity index is 879. The second-order valence-corrected chi connectivity index (χ2v) is 7.24. The molecule has 6 nitrogen and oxygen atoms in total. The summed E-state index contributed by atoms with van der Waals surface area (Å²) in [4.78, 5) is 29.4. The second kappa shape index (κ2) is 7.95. The van der Waals surface area contributed by atoms with Gasteiger partial charge in [0, 0.05) is 25.1 Å². The third kappa shape index (κ3) is 3.62. The quantitative estimate of drug-likeness (QED) is 0.622. The molecule has 3 rings (SSSR count). The van der Waals surface area contributed by atoms with Crippen molar-refractivity contribution in [2.24, 2.45) is 7.05 Å². The summed E-state index contributed by atoms with van der Waals surface area (Å²) in [5, 5.41) is 3.49. The van der Waals surface area contributed by atoms with E-state index in [4.69, 9.17) is 4.74 Å². The number of carbonyl (C=O) groups excluding carboxylic acids is 1. The van der Waals surface area contributed by atoms with Gasteiger partial charge in [-0.1, -0.05) is 30.8 Å². The number of hydrogen-bond acceptors (Lipinski definition) is 5. The Kier molecular flexibility index (Phi) is 5.66. The van der Waals surface area contributed by atoms with Gasteiger partial charge in [0.2, 0.25) is 5.91 Å². The van der Waals surface area contributed by atoms with Crippen molar-refractivity contribution in [2.75, 3.05) is 17.7 Å². The fourth-order valence-corrected chi connectivity index (χ4v) is 3.95. The average Bonchev–Trinajstić information content (AvgIpc) is 2.63. The zero-order chi connectivity index (χ0) is 18.7. The number of rotatable bonds is 6. The molecule has 0 aliphatic carbocycles. The summed E-state index contributed by atoms with van der Waals surface area (Å²) in [5.41, 5.74) is 1.16. The minimum atomic E-state index is -0.324. The van der Waals surface area contributed by atoms with Gasteiger partial charge in [-0.25, -0.2) is 0 Å². The van der Waals surface area contributed by atoms with E-state index in [1.807, 2.05) is 42.8 Å². The molecule has 0 saturated carbocycles. The van der Waals surface area contributed by atoms with Gasteiger partial charge in [-0.2, -0.15) is 4.98 Å². The van der Waals surface area contributed by atoms with Crippen LogP contribution in [-0.2, 0) is 11.8 Å². The van der Waals surface area contributed by atoms with Gasteiger partial charge in [0.05, 0.1) is 12.2 Å². The maximum absolute atomic E-state index is 12.8. The van der Waals surface area contributed by atoms with E-state index in [0.29, 0.717) is 23.1 Å². The van der Waals surface area contributed by atoms with E-state index >= 15 is 0 Å². The van der Waals surface area contributed by atoms with Crippen molar-refractivity contribution in [1.82, 2.24) is 9.55 Å². The Morgan fingerprint density at radius 3 is 2.88 bits per heavy atom. The standard InChI is InChI=1S/C19H23N3O3S/c1-4-9-26-19-21-18(24)16-14(11-15(23)20-17(16)22(19)3)12-7-6-8-13(10-12)25-5-2/h6-8,10,14H,4-5,9,11H2,1-3H3,(H,20,23)/t14-/m1/s1. The van der Waals surface area contributed by atoms with Crippen molar-refractivity contribution in [1.29, 1.82) is 0 Å². The number of nitrogens with one attached hydrogen (secondary N) is 1. The average molecular weight is 373 g/mol. The summed E-state index contributed by atoms with van der Waals surface area (Å²) < 4.78 is 7.38.